The number of halogens is 1. The zero-order valence-electron chi connectivity index (χ0n) is 15.7. The van der Waals surface area contributed by atoms with Crippen molar-refractivity contribution in [3.63, 3.8) is 0 Å². The summed E-state index contributed by atoms with van der Waals surface area (Å²) in [6, 6.07) is 14.2. The molecule has 0 aromatic heterocycles. The molecule has 1 heterocycles. The molecule has 4 N–H and O–H groups in total. The molecule has 1 aliphatic heterocycles. The maximum Gasteiger partial charge on any atom is 0.312 e. The minimum absolute atomic E-state index is 0.0910. The number of para-hydroxylation sites is 2. The van der Waals surface area contributed by atoms with Crippen LogP contribution in [-0.4, -0.2) is 25.0 Å². The molecule has 28 heavy (non-hydrogen) atoms. The van der Waals surface area contributed by atoms with E-state index in [4.69, 9.17) is 5.73 Å². The van der Waals surface area contributed by atoms with Crippen molar-refractivity contribution in [1.29, 1.82) is 0 Å². The number of nitrogens with zero attached hydrogens (tertiary/aromatic N) is 1. The number of piperidine rings is 1. The Kier molecular flexibility index (Phi) is 6.92. The monoisotopic (exact) mass is 444 g/mol. The van der Waals surface area contributed by atoms with Crippen LogP contribution >= 0.6 is 15.9 Å². The molecule has 3 rings (SSSR count). The van der Waals surface area contributed by atoms with E-state index in [0.717, 1.165) is 47.3 Å². The Bertz CT molecular complexity index is 837. The number of carbonyl (C=O) groups is 2. The summed E-state index contributed by atoms with van der Waals surface area (Å²) in [5.41, 5.74) is 7.96. The van der Waals surface area contributed by atoms with Crippen molar-refractivity contribution in [2.45, 2.75) is 31.7 Å². The van der Waals surface area contributed by atoms with Gasteiger partial charge in [-0.3, -0.25) is 4.79 Å². The number of benzene rings is 2. The van der Waals surface area contributed by atoms with Gasteiger partial charge in [0.25, 0.3) is 0 Å². The van der Waals surface area contributed by atoms with Gasteiger partial charge in [0.15, 0.2) is 0 Å². The molecule has 2 aromatic carbocycles. The topological polar surface area (TPSA) is 87.5 Å². The summed E-state index contributed by atoms with van der Waals surface area (Å²) < 4.78 is 0.872. The fraction of sp³-hybridized carbons (Fsp3) is 0.333. The molecular weight excluding hydrogens is 420 g/mol. The second-order valence-electron chi connectivity index (χ2n) is 6.93. The summed E-state index contributed by atoms with van der Waals surface area (Å²) in [5, 5.41) is 5.68. The average Bonchev–Trinajstić information content (AvgIpc) is 2.68. The van der Waals surface area contributed by atoms with E-state index in [1.807, 2.05) is 48.5 Å². The quantitative estimate of drug-likeness (QED) is 0.624. The first-order valence-electron chi connectivity index (χ1n) is 9.48. The van der Waals surface area contributed by atoms with Gasteiger partial charge in [0.05, 0.1) is 23.8 Å². The molecule has 3 amide bonds. The van der Waals surface area contributed by atoms with E-state index in [1.165, 1.54) is 6.42 Å². The Morgan fingerprint density at radius 2 is 1.82 bits per heavy atom. The van der Waals surface area contributed by atoms with E-state index in [-0.39, 0.29) is 12.3 Å². The zero-order chi connectivity index (χ0) is 19.9. The van der Waals surface area contributed by atoms with Crippen LogP contribution in [0.15, 0.2) is 53.0 Å². The molecule has 148 valence electrons. The highest BCUT2D eigenvalue weighted by Crippen LogP contribution is 2.29. The van der Waals surface area contributed by atoms with Crippen LogP contribution in [0.3, 0.4) is 0 Å². The van der Waals surface area contributed by atoms with Crippen molar-refractivity contribution in [3.8, 4) is 0 Å². The second-order valence-corrected chi connectivity index (χ2v) is 7.85. The SMILES string of the molecule is NC(=O)N[C@@H](CC(=O)Nc1ccccc1N1CCCCC1)c1cccc(Br)c1. The van der Waals surface area contributed by atoms with Gasteiger partial charge in [0, 0.05) is 17.6 Å². The van der Waals surface area contributed by atoms with Crippen LogP contribution < -0.4 is 21.3 Å². The van der Waals surface area contributed by atoms with Crippen LogP contribution in [0.1, 0.15) is 37.3 Å². The van der Waals surface area contributed by atoms with Crippen molar-refractivity contribution >= 4 is 39.2 Å². The van der Waals surface area contributed by atoms with Crippen LogP contribution in [0, 0.1) is 0 Å². The summed E-state index contributed by atoms with van der Waals surface area (Å²) in [4.78, 5) is 26.5. The average molecular weight is 445 g/mol. The van der Waals surface area contributed by atoms with Crippen LogP contribution in [0.2, 0.25) is 0 Å². The maximum atomic E-state index is 12.8. The van der Waals surface area contributed by atoms with Crippen LogP contribution in [-0.2, 0) is 4.79 Å². The molecule has 1 aliphatic rings. The highest BCUT2D eigenvalue weighted by Gasteiger charge is 2.20. The molecule has 1 saturated heterocycles. The number of urea groups is 1. The van der Waals surface area contributed by atoms with Gasteiger partial charge in [-0.1, -0.05) is 40.2 Å². The smallest absolute Gasteiger partial charge is 0.312 e. The predicted octanol–water partition coefficient (Wildman–Crippen LogP) is 4.18. The third-order valence-corrected chi connectivity index (χ3v) is 5.33. The molecule has 2 aromatic rings. The third-order valence-electron chi connectivity index (χ3n) is 4.83. The molecule has 0 saturated carbocycles. The maximum absolute atomic E-state index is 12.8. The number of hydrogen-bond donors (Lipinski definition) is 3. The number of primary amides is 1. The summed E-state index contributed by atoms with van der Waals surface area (Å²) >= 11 is 3.42. The van der Waals surface area contributed by atoms with Gasteiger partial charge in [-0.2, -0.15) is 0 Å². The highest BCUT2D eigenvalue weighted by atomic mass is 79.9. The van der Waals surface area contributed by atoms with E-state index >= 15 is 0 Å². The van der Waals surface area contributed by atoms with Crippen molar-refractivity contribution in [1.82, 2.24) is 5.32 Å². The Hall–Kier alpha value is -2.54. The normalized spacial score (nSPS) is 15.0. The lowest BCUT2D eigenvalue weighted by molar-refractivity contribution is -0.116. The Labute approximate surface area is 173 Å². The number of anilines is 2. The Morgan fingerprint density at radius 3 is 2.54 bits per heavy atom. The number of rotatable bonds is 6. The van der Waals surface area contributed by atoms with Crippen LogP contribution in [0.4, 0.5) is 16.2 Å². The second kappa shape index (κ2) is 9.59. The number of nitrogens with one attached hydrogen (secondary N) is 2. The minimum atomic E-state index is -0.661. The number of nitrogens with two attached hydrogens (primary N) is 1. The molecule has 7 heteroatoms. The lowest BCUT2D eigenvalue weighted by atomic mass is 10.0. The van der Waals surface area contributed by atoms with Gasteiger partial charge < -0.3 is 21.3 Å². The van der Waals surface area contributed by atoms with E-state index < -0.39 is 12.1 Å². The Morgan fingerprint density at radius 1 is 1.07 bits per heavy atom. The van der Waals surface area contributed by atoms with E-state index in [1.54, 1.807) is 0 Å². The zero-order valence-corrected chi connectivity index (χ0v) is 17.2. The summed E-state index contributed by atoms with van der Waals surface area (Å²) in [6.07, 6.45) is 3.66. The summed E-state index contributed by atoms with van der Waals surface area (Å²) in [5.74, 6) is -0.178. The molecule has 1 atom stereocenters. The first kappa shape index (κ1) is 20.2. The van der Waals surface area contributed by atoms with Gasteiger partial charge in [-0.25, -0.2) is 4.79 Å². The molecule has 6 nitrogen and oxygen atoms in total. The standard InChI is InChI=1S/C21H25BrN4O2/c22-16-8-6-7-15(13-16)18(25-21(23)28)14-20(27)24-17-9-2-3-10-19(17)26-11-4-1-5-12-26/h2-3,6-10,13,18H,1,4-5,11-12,14H2,(H,24,27)(H3,23,25,28)/t18-/m0/s1. The largest absolute Gasteiger partial charge is 0.370 e. The predicted molar refractivity (Wildman–Crippen MR) is 115 cm³/mol. The molecule has 0 aliphatic carbocycles. The summed E-state index contributed by atoms with van der Waals surface area (Å²) in [7, 11) is 0. The fourth-order valence-electron chi connectivity index (χ4n) is 3.52. The molecule has 1 fully saturated rings. The minimum Gasteiger partial charge on any atom is -0.370 e. The van der Waals surface area contributed by atoms with E-state index in [2.05, 4.69) is 31.5 Å². The van der Waals surface area contributed by atoms with Crippen molar-refractivity contribution in [2.75, 3.05) is 23.3 Å². The van der Waals surface area contributed by atoms with Crippen molar-refractivity contribution in [2.24, 2.45) is 5.73 Å². The molecule has 0 spiro atoms. The number of carbonyl (C=O) groups excluding carboxylic acids is 2. The molecule has 0 radical (unpaired) electrons. The van der Waals surface area contributed by atoms with Crippen LogP contribution in [0.25, 0.3) is 0 Å². The van der Waals surface area contributed by atoms with E-state index in [9.17, 15) is 9.59 Å². The summed E-state index contributed by atoms with van der Waals surface area (Å²) in [6.45, 7) is 1.99. The first-order valence-corrected chi connectivity index (χ1v) is 10.3. The van der Waals surface area contributed by atoms with Crippen LogP contribution in [0.5, 0.6) is 0 Å². The van der Waals surface area contributed by atoms with Gasteiger partial charge in [-0.05, 0) is 49.1 Å². The molecule has 0 bridgehead atoms. The molecule has 0 unspecified atom stereocenters. The van der Waals surface area contributed by atoms with Crippen molar-refractivity contribution < 1.29 is 9.59 Å². The van der Waals surface area contributed by atoms with E-state index in [0.29, 0.717) is 0 Å². The number of amides is 3. The van der Waals surface area contributed by atoms with Gasteiger partial charge in [0.1, 0.15) is 0 Å². The third kappa shape index (κ3) is 5.48. The van der Waals surface area contributed by atoms with Crippen molar-refractivity contribution in [3.05, 3.63) is 58.6 Å². The lowest BCUT2D eigenvalue weighted by Gasteiger charge is -2.30. The fourth-order valence-corrected chi connectivity index (χ4v) is 3.94. The highest BCUT2D eigenvalue weighted by molar-refractivity contribution is 9.10. The first-order chi connectivity index (χ1) is 13.5. The lowest BCUT2D eigenvalue weighted by Crippen LogP contribution is -2.35. The molecular formula is C21H25BrN4O2. The number of hydrogen-bond acceptors (Lipinski definition) is 3. The Balaban J connectivity index is 1.73. The van der Waals surface area contributed by atoms with Gasteiger partial charge in [0.2, 0.25) is 5.91 Å². The van der Waals surface area contributed by atoms with Gasteiger partial charge >= 0.3 is 6.03 Å². The van der Waals surface area contributed by atoms with Gasteiger partial charge in [-0.15, -0.1) is 0 Å².